The number of aryl methyl sites for hydroxylation is 1. The highest BCUT2D eigenvalue weighted by molar-refractivity contribution is 7.89. The maximum Gasteiger partial charge on any atom is 0.335 e. The first kappa shape index (κ1) is 20.4. The summed E-state index contributed by atoms with van der Waals surface area (Å²) in [5.41, 5.74) is 1.84. The van der Waals surface area contributed by atoms with Crippen LogP contribution in [0.2, 0.25) is 0 Å². The Balaban J connectivity index is 1.64. The number of hydrogen-bond acceptors (Lipinski definition) is 7. The molecule has 156 valence electrons. The second kappa shape index (κ2) is 7.74. The third-order valence-electron chi connectivity index (χ3n) is 5.08. The number of rotatable bonds is 5. The molecular formula is C19H18N4O5S2. The molecule has 4 rings (SSSR count). The zero-order valence-electron chi connectivity index (χ0n) is 15.9. The lowest BCUT2D eigenvalue weighted by Crippen LogP contribution is -2.43. The third kappa shape index (κ3) is 3.55. The third-order valence-corrected chi connectivity index (χ3v) is 7.57. The van der Waals surface area contributed by atoms with E-state index in [2.05, 4.69) is 14.1 Å². The first-order chi connectivity index (χ1) is 14.3. The molecule has 9 nitrogen and oxygen atoms in total. The fraction of sp³-hybridized carbons (Fsp3) is 0.263. The molecule has 0 saturated carbocycles. The standard InChI is InChI=1S/C19H18N4O5S2/c1-11-7-8-12(19(25)26)10-14(11)20-18(24)15-5-3-9-23(15)30(27,28)16-6-2-4-13-17(16)22-29-21-13/h2,4,6-8,10,15H,3,5,9H2,1H3,(H,20,24)(H,25,26). The number of hydrogen-bond donors (Lipinski definition) is 2. The van der Waals surface area contributed by atoms with E-state index in [1.54, 1.807) is 25.1 Å². The van der Waals surface area contributed by atoms with Crippen molar-refractivity contribution in [1.82, 2.24) is 13.1 Å². The molecule has 2 heterocycles. The van der Waals surface area contributed by atoms with Gasteiger partial charge in [0, 0.05) is 12.2 Å². The second-order valence-electron chi connectivity index (χ2n) is 6.99. The highest BCUT2D eigenvalue weighted by atomic mass is 32.2. The van der Waals surface area contributed by atoms with Gasteiger partial charge in [-0.2, -0.15) is 13.1 Å². The van der Waals surface area contributed by atoms with E-state index in [4.69, 9.17) is 0 Å². The number of nitrogens with one attached hydrogen (secondary N) is 1. The number of benzene rings is 2. The van der Waals surface area contributed by atoms with Crippen LogP contribution in [0.5, 0.6) is 0 Å². The topological polar surface area (TPSA) is 130 Å². The van der Waals surface area contributed by atoms with Crippen molar-refractivity contribution in [3.63, 3.8) is 0 Å². The minimum atomic E-state index is -3.97. The summed E-state index contributed by atoms with van der Waals surface area (Å²) >= 11 is 0.930. The molecular weight excluding hydrogens is 428 g/mol. The van der Waals surface area contributed by atoms with Crippen LogP contribution < -0.4 is 5.32 Å². The van der Waals surface area contributed by atoms with Gasteiger partial charge in [0.05, 0.1) is 17.3 Å². The van der Waals surface area contributed by atoms with Gasteiger partial charge in [0.2, 0.25) is 15.9 Å². The van der Waals surface area contributed by atoms with E-state index in [-0.39, 0.29) is 17.0 Å². The smallest absolute Gasteiger partial charge is 0.335 e. The van der Waals surface area contributed by atoms with Crippen LogP contribution in [-0.4, -0.2) is 51.0 Å². The molecule has 1 unspecified atom stereocenters. The van der Waals surface area contributed by atoms with E-state index in [0.717, 1.165) is 11.7 Å². The van der Waals surface area contributed by atoms with E-state index < -0.39 is 27.9 Å². The van der Waals surface area contributed by atoms with Crippen molar-refractivity contribution in [2.45, 2.75) is 30.7 Å². The Morgan fingerprint density at radius 2 is 2.03 bits per heavy atom. The average Bonchev–Trinajstić information content (AvgIpc) is 3.38. The van der Waals surface area contributed by atoms with Crippen LogP contribution in [0.25, 0.3) is 11.0 Å². The van der Waals surface area contributed by atoms with Crippen LogP contribution in [0.4, 0.5) is 5.69 Å². The van der Waals surface area contributed by atoms with E-state index in [0.29, 0.717) is 35.1 Å². The van der Waals surface area contributed by atoms with Crippen molar-refractivity contribution >= 4 is 50.3 Å². The average molecular weight is 447 g/mol. The maximum atomic E-state index is 13.3. The van der Waals surface area contributed by atoms with E-state index >= 15 is 0 Å². The number of carboxylic acids is 1. The highest BCUT2D eigenvalue weighted by Crippen LogP contribution is 2.30. The molecule has 1 atom stereocenters. The van der Waals surface area contributed by atoms with Gasteiger partial charge in [0.1, 0.15) is 22.0 Å². The Morgan fingerprint density at radius 1 is 1.23 bits per heavy atom. The van der Waals surface area contributed by atoms with Gasteiger partial charge in [-0.1, -0.05) is 12.1 Å². The molecule has 2 N–H and O–H groups in total. The monoisotopic (exact) mass is 446 g/mol. The van der Waals surface area contributed by atoms with Gasteiger partial charge in [-0.3, -0.25) is 4.79 Å². The van der Waals surface area contributed by atoms with Gasteiger partial charge in [-0.15, -0.1) is 0 Å². The van der Waals surface area contributed by atoms with E-state index in [9.17, 15) is 23.1 Å². The molecule has 1 amide bonds. The minimum Gasteiger partial charge on any atom is -0.478 e. The molecule has 1 fully saturated rings. The van der Waals surface area contributed by atoms with Crippen LogP contribution in [-0.2, 0) is 14.8 Å². The van der Waals surface area contributed by atoms with E-state index in [1.807, 2.05) is 0 Å². The number of sulfonamides is 1. The lowest BCUT2D eigenvalue weighted by atomic mass is 10.1. The maximum absolute atomic E-state index is 13.3. The molecule has 3 aromatic rings. The largest absolute Gasteiger partial charge is 0.478 e. The molecule has 1 aliphatic rings. The lowest BCUT2D eigenvalue weighted by Gasteiger charge is -2.24. The summed E-state index contributed by atoms with van der Waals surface area (Å²) in [4.78, 5) is 24.2. The van der Waals surface area contributed by atoms with Gasteiger partial charge >= 0.3 is 5.97 Å². The normalized spacial score (nSPS) is 17.3. The van der Waals surface area contributed by atoms with Gasteiger partial charge < -0.3 is 10.4 Å². The first-order valence-electron chi connectivity index (χ1n) is 9.17. The van der Waals surface area contributed by atoms with Crippen molar-refractivity contribution in [3.8, 4) is 0 Å². The molecule has 0 aliphatic carbocycles. The van der Waals surface area contributed by atoms with Crippen molar-refractivity contribution < 1.29 is 23.1 Å². The number of carbonyl (C=O) groups is 2. The number of carbonyl (C=O) groups excluding carboxylic acids is 1. The second-order valence-corrected chi connectivity index (χ2v) is 9.37. The quantitative estimate of drug-likeness (QED) is 0.616. The molecule has 0 spiro atoms. The predicted molar refractivity (Wildman–Crippen MR) is 111 cm³/mol. The molecule has 1 aromatic heterocycles. The number of aromatic carboxylic acids is 1. The van der Waals surface area contributed by atoms with Crippen molar-refractivity contribution in [2.24, 2.45) is 0 Å². The summed E-state index contributed by atoms with van der Waals surface area (Å²) in [5, 5.41) is 11.9. The lowest BCUT2D eigenvalue weighted by molar-refractivity contribution is -0.119. The van der Waals surface area contributed by atoms with Gasteiger partial charge in [-0.05, 0) is 49.6 Å². The summed E-state index contributed by atoms with van der Waals surface area (Å²) in [6.45, 7) is 1.95. The van der Waals surface area contributed by atoms with Crippen molar-refractivity contribution in [1.29, 1.82) is 0 Å². The van der Waals surface area contributed by atoms with Crippen molar-refractivity contribution in [2.75, 3.05) is 11.9 Å². The number of carboxylic acid groups (broad SMARTS) is 1. The minimum absolute atomic E-state index is 0.0255. The fourth-order valence-electron chi connectivity index (χ4n) is 3.51. The highest BCUT2D eigenvalue weighted by Gasteiger charge is 2.40. The van der Waals surface area contributed by atoms with Gasteiger partial charge in [0.25, 0.3) is 0 Å². The molecule has 0 radical (unpaired) electrons. The molecule has 30 heavy (non-hydrogen) atoms. The summed E-state index contributed by atoms with van der Waals surface area (Å²) in [6, 6.07) is 8.26. The molecule has 1 aliphatic heterocycles. The molecule has 1 saturated heterocycles. The molecule has 0 bridgehead atoms. The summed E-state index contributed by atoms with van der Waals surface area (Å²) in [7, 11) is -3.97. The molecule has 11 heteroatoms. The summed E-state index contributed by atoms with van der Waals surface area (Å²) < 4.78 is 36.0. The number of fused-ring (bicyclic) bond motifs is 1. The number of nitrogens with zero attached hydrogens (tertiary/aromatic N) is 3. The van der Waals surface area contributed by atoms with Gasteiger partial charge in [-0.25, -0.2) is 13.2 Å². The number of aromatic nitrogens is 2. The Labute approximate surface area is 176 Å². The van der Waals surface area contributed by atoms with E-state index in [1.165, 1.54) is 22.5 Å². The Kier molecular flexibility index (Phi) is 5.26. The SMILES string of the molecule is Cc1ccc(C(=O)O)cc1NC(=O)C1CCCN1S(=O)(=O)c1cccc2nsnc12. The number of amides is 1. The Bertz CT molecular complexity index is 1250. The zero-order chi connectivity index (χ0) is 21.5. The summed E-state index contributed by atoms with van der Waals surface area (Å²) in [5.74, 6) is -1.61. The summed E-state index contributed by atoms with van der Waals surface area (Å²) in [6.07, 6.45) is 0.908. The fourth-order valence-corrected chi connectivity index (χ4v) is 5.92. The van der Waals surface area contributed by atoms with Crippen LogP contribution in [0, 0.1) is 6.92 Å². The van der Waals surface area contributed by atoms with Crippen LogP contribution in [0.1, 0.15) is 28.8 Å². The Morgan fingerprint density at radius 3 is 2.80 bits per heavy atom. The Hall–Kier alpha value is -2.89. The van der Waals surface area contributed by atoms with Crippen molar-refractivity contribution in [3.05, 3.63) is 47.5 Å². The predicted octanol–water partition coefficient (Wildman–Crippen LogP) is 2.49. The van der Waals surface area contributed by atoms with Crippen LogP contribution >= 0.6 is 11.7 Å². The first-order valence-corrected chi connectivity index (χ1v) is 11.3. The molecule has 2 aromatic carbocycles. The van der Waals surface area contributed by atoms with Gasteiger partial charge in [0.15, 0.2) is 0 Å². The van der Waals surface area contributed by atoms with Crippen LogP contribution in [0.3, 0.4) is 0 Å². The number of anilines is 1. The van der Waals surface area contributed by atoms with Crippen LogP contribution in [0.15, 0.2) is 41.3 Å². The zero-order valence-corrected chi connectivity index (χ0v) is 17.5.